The van der Waals surface area contributed by atoms with Crippen LogP contribution in [-0.4, -0.2) is 30.7 Å². The molecule has 2 heterocycles. The Morgan fingerprint density at radius 2 is 2.11 bits per heavy atom. The van der Waals surface area contributed by atoms with Crippen molar-refractivity contribution in [3.63, 3.8) is 0 Å². The Kier molecular flexibility index (Phi) is 4.66. The summed E-state index contributed by atoms with van der Waals surface area (Å²) in [5.41, 5.74) is 3.98. The highest BCUT2D eigenvalue weighted by Crippen LogP contribution is 2.36. The summed E-state index contributed by atoms with van der Waals surface area (Å²) in [5.74, 6) is -0.139. The first-order chi connectivity index (χ1) is 13.3. The van der Waals surface area contributed by atoms with Gasteiger partial charge in [0.25, 0.3) is 0 Å². The van der Waals surface area contributed by atoms with Crippen molar-refractivity contribution < 1.29 is 9.18 Å². The highest BCUT2D eigenvalue weighted by atomic mass is 35.5. The first-order valence-electron chi connectivity index (χ1n) is 9.02. The van der Waals surface area contributed by atoms with E-state index >= 15 is 0 Å². The van der Waals surface area contributed by atoms with E-state index < -0.39 is 5.82 Å². The fraction of sp³-hybridized carbons (Fsp3) is 0.368. The average Bonchev–Trinajstić information content (AvgIpc) is 3.15. The van der Waals surface area contributed by atoms with Crippen LogP contribution < -0.4 is 5.32 Å². The lowest BCUT2D eigenvalue weighted by Gasteiger charge is -2.21. The van der Waals surface area contributed by atoms with Gasteiger partial charge in [-0.25, -0.2) is 4.39 Å². The van der Waals surface area contributed by atoms with E-state index in [2.05, 4.69) is 20.7 Å². The van der Waals surface area contributed by atoms with E-state index in [4.69, 9.17) is 11.6 Å². The Morgan fingerprint density at radius 3 is 2.86 bits per heavy atom. The molecule has 0 saturated heterocycles. The number of aryl methyl sites for hydroxylation is 4. The van der Waals surface area contributed by atoms with Crippen LogP contribution in [0.15, 0.2) is 18.2 Å². The highest BCUT2D eigenvalue weighted by molar-refractivity contribution is 6.33. The Morgan fingerprint density at radius 1 is 1.32 bits per heavy atom. The first-order valence-corrected chi connectivity index (χ1v) is 9.40. The molecule has 1 aliphatic carbocycles. The fourth-order valence-corrected chi connectivity index (χ4v) is 4.03. The van der Waals surface area contributed by atoms with Gasteiger partial charge in [0.05, 0.1) is 22.1 Å². The topological polar surface area (TPSA) is 77.6 Å². The molecule has 0 aliphatic heterocycles. The van der Waals surface area contributed by atoms with Gasteiger partial charge in [-0.15, -0.1) is 5.10 Å². The third kappa shape index (κ3) is 3.17. The normalized spacial score (nSPS) is 16.1. The molecule has 1 aliphatic rings. The molecule has 1 N–H and O–H groups in total. The number of nitrogens with one attached hydrogen (secondary N) is 1. The van der Waals surface area contributed by atoms with Crippen molar-refractivity contribution in [2.45, 2.75) is 26.2 Å². The summed E-state index contributed by atoms with van der Waals surface area (Å²) in [6.45, 7) is 1.83. The van der Waals surface area contributed by atoms with Gasteiger partial charge in [-0.05, 0) is 38.0 Å². The summed E-state index contributed by atoms with van der Waals surface area (Å²) in [5, 5.41) is 15.9. The SMILES string of the molecule is Cc1nn(C)c(NC(=O)C2CCc3nnn(C)c3C2)c1-c1ccc(F)cc1Cl. The summed E-state index contributed by atoms with van der Waals surface area (Å²) in [6.07, 6.45) is 2.03. The van der Waals surface area contributed by atoms with Gasteiger partial charge in [0.2, 0.25) is 5.91 Å². The molecule has 0 bridgehead atoms. The van der Waals surface area contributed by atoms with Crippen molar-refractivity contribution in [2.75, 3.05) is 5.32 Å². The van der Waals surface area contributed by atoms with Gasteiger partial charge in [-0.2, -0.15) is 5.10 Å². The maximum atomic E-state index is 13.5. The number of amides is 1. The molecule has 3 aromatic rings. The summed E-state index contributed by atoms with van der Waals surface area (Å²) >= 11 is 6.26. The van der Waals surface area contributed by atoms with Crippen LogP contribution >= 0.6 is 11.6 Å². The van der Waals surface area contributed by atoms with Gasteiger partial charge < -0.3 is 5.32 Å². The van der Waals surface area contributed by atoms with Crippen LogP contribution in [-0.2, 0) is 31.7 Å². The van der Waals surface area contributed by atoms with Gasteiger partial charge in [0, 0.05) is 37.6 Å². The number of nitrogens with zero attached hydrogens (tertiary/aromatic N) is 5. The largest absolute Gasteiger partial charge is 0.310 e. The number of hydrogen-bond donors (Lipinski definition) is 1. The molecule has 9 heteroatoms. The zero-order valence-corrected chi connectivity index (χ0v) is 16.6. The number of fused-ring (bicyclic) bond motifs is 1. The molecule has 0 spiro atoms. The molecule has 0 fully saturated rings. The molecule has 28 heavy (non-hydrogen) atoms. The first kappa shape index (κ1) is 18.6. The summed E-state index contributed by atoms with van der Waals surface area (Å²) in [6, 6.07) is 4.20. The maximum absolute atomic E-state index is 13.5. The van der Waals surface area contributed by atoms with Gasteiger partial charge in [-0.1, -0.05) is 16.8 Å². The van der Waals surface area contributed by atoms with E-state index in [1.54, 1.807) is 22.5 Å². The molecule has 1 aromatic carbocycles. The molecule has 0 radical (unpaired) electrons. The van der Waals surface area contributed by atoms with Crippen LogP contribution in [0, 0.1) is 18.7 Å². The number of hydrogen-bond acceptors (Lipinski definition) is 4. The molecular formula is C19H20ClFN6O. The lowest BCUT2D eigenvalue weighted by atomic mass is 9.89. The Hall–Kier alpha value is -2.74. The van der Waals surface area contributed by atoms with Crippen LogP contribution in [0.5, 0.6) is 0 Å². The Balaban J connectivity index is 1.64. The zero-order chi connectivity index (χ0) is 20.0. The van der Waals surface area contributed by atoms with Crippen molar-refractivity contribution in [3.8, 4) is 11.1 Å². The molecule has 1 amide bonds. The average molecular weight is 403 g/mol. The minimum atomic E-state index is -0.413. The number of benzene rings is 1. The lowest BCUT2D eigenvalue weighted by Crippen LogP contribution is -2.29. The minimum absolute atomic E-state index is 0.0886. The third-order valence-corrected chi connectivity index (χ3v) is 5.54. The number of rotatable bonds is 3. The smallest absolute Gasteiger partial charge is 0.229 e. The number of anilines is 1. The molecule has 0 saturated carbocycles. The number of carbonyl (C=O) groups is 1. The number of halogens is 2. The monoisotopic (exact) mass is 402 g/mol. The summed E-state index contributed by atoms with van der Waals surface area (Å²) in [7, 11) is 3.60. The maximum Gasteiger partial charge on any atom is 0.229 e. The van der Waals surface area contributed by atoms with Crippen LogP contribution in [0.1, 0.15) is 23.5 Å². The predicted molar refractivity (Wildman–Crippen MR) is 103 cm³/mol. The second-order valence-corrected chi connectivity index (χ2v) is 7.50. The minimum Gasteiger partial charge on any atom is -0.310 e. The predicted octanol–water partition coefficient (Wildman–Crippen LogP) is 3.06. The van der Waals surface area contributed by atoms with E-state index in [9.17, 15) is 9.18 Å². The number of carbonyl (C=O) groups excluding carboxylic acids is 1. The van der Waals surface area contributed by atoms with Gasteiger partial charge in [-0.3, -0.25) is 14.2 Å². The molecule has 4 rings (SSSR count). The second kappa shape index (κ2) is 7.01. The Bertz CT molecular complexity index is 1070. The van der Waals surface area contributed by atoms with Crippen molar-refractivity contribution in [2.24, 2.45) is 20.0 Å². The van der Waals surface area contributed by atoms with Crippen LogP contribution in [0.3, 0.4) is 0 Å². The second-order valence-electron chi connectivity index (χ2n) is 7.09. The van der Waals surface area contributed by atoms with Gasteiger partial charge >= 0.3 is 0 Å². The van der Waals surface area contributed by atoms with Crippen molar-refractivity contribution in [3.05, 3.63) is 46.1 Å². The number of aromatic nitrogens is 5. The highest BCUT2D eigenvalue weighted by Gasteiger charge is 2.29. The van der Waals surface area contributed by atoms with Crippen molar-refractivity contribution in [1.29, 1.82) is 0 Å². The summed E-state index contributed by atoms with van der Waals surface area (Å²) in [4.78, 5) is 13.0. The molecule has 2 aromatic heterocycles. The van der Waals surface area contributed by atoms with E-state index in [-0.39, 0.29) is 16.8 Å². The van der Waals surface area contributed by atoms with Gasteiger partial charge in [0.15, 0.2) is 0 Å². The molecular weight excluding hydrogens is 383 g/mol. The van der Waals surface area contributed by atoms with Crippen molar-refractivity contribution >= 4 is 23.3 Å². The van der Waals surface area contributed by atoms with Crippen LogP contribution in [0.4, 0.5) is 10.2 Å². The summed E-state index contributed by atoms with van der Waals surface area (Å²) < 4.78 is 16.8. The quantitative estimate of drug-likeness (QED) is 0.730. The van der Waals surface area contributed by atoms with Gasteiger partial charge in [0.1, 0.15) is 11.6 Å². The van der Waals surface area contributed by atoms with E-state index in [0.29, 0.717) is 35.5 Å². The zero-order valence-electron chi connectivity index (χ0n) is 15.8. The lowest BCUT2D eigenvalue weighted by molar-refractivity contribution is -0.120. The van der Waals surface area contributed by atoms with Crippen LogP contribution in [0.25, 0.3) is 11.1 Å². The standard InChI is InChI=1S/C19H20ClFN6O/c1-10-17(13-6-5-12(21)9-14(13)20)18(27(3)24-10)22-19(28)11-4-7-15-16(8-11)26(2)25-23-15/h5-6,9,11H,4,7-8H2,1-3H3,(H,22,28). The van der Waals surface area contributed by atoms with E-state index in [1.165, 1.54) is 12.1 Å². The molecule has 7 nitrogen and oxygen atoms in total. The Labute approximate surface area is 166 Å². The molecule has 1 atom stereocenters. The molecule has 146 valence electrons. The van der Waals surface area contributed by atoms with Crippen LogP contribution in [0.2, 0.25) is 5.02 Å². The van der Waals surface area contributed by atoms with E-state index in [0.717, 1.165) is 17.8 Å². The van der Waals surface area contributed by atoms with E-state index in [1.807, 2.05) is 14.0 Å². The fourth-order valence-electron chi connectivity index (χ4n) is 3.77. The third-order valence-electron chi connectivity index (χ3n) is 5.23. The van der Waals surface area contributed by atoms with Crippen molar-refractivity contribution in [1.82, 2.24) is 24.8 Å². The molecule has 1 unspecified atom stereocenters.